The molecule has 0 heterocycles. The maximum Gasteiger partial charge on any atom is 0.328 e. The number of nitrogens with one attached hydrogen (secondary N) is 2. The summed E-state index contributed by atoms with van der Waals surface area (Å²) in [7, 11) is 3.89. The van der Waals surface area contributed by atoms with Crippen LogP contribution >= 0.6 is 0 Å². The number of carbonyl (C=O) groups is 2. The van der Waals surface area contributed by atoms with Crippen LogP contribution in [0.25, 0.3) is 0 Å². The Kier molecular flexibility index (Phi) is 43.8. The maximum atomic E-state index is 14.3. The predicted octanol–water partition coefficient (Wildman–Crippen LogP) is 16.7. The van der Waals surface area contributed by atoms with Crippen LogP contribution in [0, 0.1) is 0 Å². The van der Waals surface area contributed by atoms with Gasteiger partial charge in [0.15, 0.2) is 0 Å². The molecule has 0 radical (unpaired) electrons. The van der Waals surface area contributed by atoms with Crippen molar-refractivity contribution in [3.63, 3.8) is 0 Å². The highest BCUT2D eigenvalue weighted by atomic mass is 16.5. The normalized spacial score (nSPS) is 13.2. The highest BCUT2D eigenvalue weighted by Crippen LogP contribution is 2.23. The highest BCUT2D eigenvalue weighted by Gasteiger charge is 2.30. The third-order valence-corrected chi connectivity index (χ3v) is 13.9. The van der Waals surface area contributed by atoms with Gasteiger partial charge in [-0.05, 0) is 97.6 Å². The summed E-state index contributed by atoms with van der Waals surface area (Å²) in [5.41, 5.74) is -0.955. The van der Waals surface area contributed by atoms with Crippen LogP contribution in [0.4, 0.5) is 11.4 Å². The molecule has 0 aliphatic heterocycles. The van der Waals surface area contributed by atoms with Gasteiger partial charge in [-0.1, -0.05) is 219 Å². The van der Waals surface area contributed by atoms with E-state index in [1.165, 1.54) is 167 Å². The Labute approximate surface area is 431 Å². The molecule has 0 aliphatic rings. The van der Waals surface area contributed by atoms with Crippen molar-refractivity contribution in [2.45, 2.75) is 303 Å². The molecule has 0 spiro atoms. The number of esters is 2. The van der Waals surface area contributed by atoms with Crippen molar-refractivity contribution in [2.24, 2.45) is 0 Å². The lowest BCUT2D eigenvalue weighted by Crippen LogP contribution is -2.43. The van der Waals surface area contributed by atoms with E-state index in [-0.39, 0.29) is 42.4 Å². The fraction of sp³-hybridized carbons (Fsp3) is 0.836. The molecule has 1 aromatic carbocycles. The number of ether oxygens (including phenoxy) is 2. The Morgan fingerprint density at radius 1 is 0.457 bits per heavy atom. The maximum absolute atomic E-state index is 14.3. The minimum absolute atomic E-state index is 0.00270. The molecular formula is C61H111N3O6. The number of anilines is 2. The number of likely N-dealkylation sites (N-methyl/N-ethyl adjacent to an activating group) is 1. The topological polar surface area (TPSA) is 114 Å². The van der Waals surface area contributed by atoms with Crippen LogP contribution in [0.2, 0.25) is 0 Å². The van der Waals surface area contributed by atoms with Gasteiger partial charge in [0.1, 0.15) is 29.6 Å². The SMILES string of the molecule is CCCCC/C=C\CCC(CCCCCCCCCCCCCC)OC(=O)CC[C@H](Nc1c(NCCN(C)C)c(=O)c1=O)C(=O)OC(CC/C=C\CCCCC)CCCCCCCCCCCCCC. The first-order valence-electron chi connectivity index (χ1n) is 29.9. The lowest BCUT2D eigenvalue weighted by molar-refractivity contribution is -0.152. The van der Waals surface area contributed by atoms with Gasteiger partial charge < -0.3 is 25.0 Å². The zero-order chi connectivity index (χ0) is 51.1. The van der Waals surface area contributed by atoms with Crippen molar-refractivity contribution >= 4 is 23.3 Å². The molecule has 0 saturated carbocycles. The monoisotopic (exact) mass is 982 g/mol. The number of carbonyl (C=O) groups excluding carboxylic acids is 2. The molecule has 0 aliphatic carbocycles. The van der Waals surface area contributed by atoms with Crippen molar-refractivity contribution in [1.82, 2.24) is 4.90 Å². The molecule has 9 heteroatoms. The van der Waals surface area contributed by atoms with Gasteiger partial charge in [-0.25, -0.2) is 4.79 Å². The first-order valence-corrected chi connectivity index (χ1v) is 29.9. The van der Waals surface area contributed by atoms with Gasteiger partial charge in [-0.2, -0.15) is 0 Å². The standard InChI is InChI=1S/C61H111N3O6/c1-7-11-15-19-23-25-27-29-31-35-39-42-46-53(45-41-37-33-21-17-13-9-3)69-56(65)50-49-55(63-58-57(59(66)60(58)67)62-51-52-64(5)6)61(68)70-54(47-43-38-34-22-18-14-10-4)48-44-40-36-32-30-28-26-24-20-16-12-8-2/h33-34,37-38,53-55,62-63H,7-32,35-36,39-52H2,1-6H3/b37-33-,38-34-/t53?,54?,55-/m0/s1. The Bertz CT molecular complexity index is 1500. The molecule has 0 fully saturated rings. The van der Waals surface area contributed by atoms with E-state index in [0.29, 0.717) is 19.5 Å². The van der Waals surface area contributed by atoms with Gasteiger partial charge in [0.05, 0.1) is 0 Å². The number of rotatable bonds is 52. The Morgan fingerprint density at radius 2 is 0.829 bits per heavy atom. The molecule has 0 aromatic heterocycles. The van der Waals surface area contributed by atoms with E-state index in [1.54, 1.807) is 0 Å². The van der Waals surface area contributed by atoms with Crippen LogP contribution in [-0.4, -0.2) is 62.3 Å². The first kappa shape index (κ1) is 65.1. The summed E-state index contributed by atoms with van der Waals surface area (Å²) in [5, 5.41) is 6.23. The van der Waals surface area contributed by atoms with Crippen molar-refractivity contribution < 1.29 is 19.1 Å². The van der Waals surface area contributed by atoms with Crippen LogP contribution in [0.5, 0.6) is 0 Å². The van der Waals surface area contributed by atoms with Crippen molar-refractivity contribution in [3.05, 3.63) is 44.8 Å². The average molecular weight is 983 g/mol. The van der Waals surface area contributed by atoms with E-state index < -0.39 is 22.9 Å². The van der Waals surface area contributed by atoms with Gasteiger partial charge in [-0.15, -0.1) is 0 Å². The van der Waals surface area contributed by atoms with E-state index >= 15 is 0 Å². The molecule has 1 aromatic rings. The Morgan fingerprint density at radius 3 is 1.26 bits per heavy atom. The lowest BCUT2D eigenvalue weighted by Gasteiger charge is -2.25. The van der Waals surface area contributed by atoms with Gasteiger partial charge in [0, 0.05) is 19.5 Å². The van der Waals surface area contributed by atoms with Crippen LogP contribution in [-0.2, 0) is 19.1 Å². The molecule has 9 nitrogen and oxygen atoms in total. The van der Waals surface area contributed by atoms with Gasteiger partial charge in [-0.3, -0.25) is 14.4 Å². The van der Waals surface area contributed by atoms with E-state index in [2.05, 4.69) is 62.6 Å². The van der Waals surface area contributed by atoms with Crippen LogP contribution in [0.15, 0.2) is 33.9 Å². The second-order valence-corrected chi connectivity index (χ2v) is 21.0. The predicted molar refractivity (Wildman–Crippen MR) is 301 cm³/mol. The van der Waals surface area contributed by atoms with Crippen LogP contribution in [0.1, 0.15) is 285 Å². The highest BCUT2D eigenvalue weighted by molar-refractivity contribution is 5.84. The summed E-state index contributed by atoms with van der Waals surface area (Å²) in [6.45, 7) is 10.1. The molecule has 406 valence electrons. The smallest absolute Gasteiger partial charge is 0.328 e. The van der Waals surface area contributed by atoms with E-state index in [9.17, 15) is 19.2 Å². The minimum atomic E-state index is -0.986. The molecule has 2 unspecified atom stereocenters. The third-order valence-electron chi connectivity index (χ3n) is 13.9. The molecule has 0 bridgehead atoms. The van der Waals surface area contributed by atoms with Gasteiger partial charge in [0.2, 0.25) is 0 Å². The van der Waals surface area contributed by atoms with E-state index in [0.717, 1.165) is 70.6 Å². The quantitative estimate of drug-likeness (QED) is 0.0285. The Balaban J connectivity index is 3.05. The second-order valence-electron chi connectivity index (χ2n) is 21.0. The number of nitrogens with zero attached hydrogens (tertiary/aromatic N) is 1. The number of hydrogen-bond donors (Lipinski definition) is 2. The van der Waals surface area contributed by atoms with Crippen LogP contribution < -0.4 is 21.5 Å². The summed E-state index contributed by atoms with van der Waals surface area (Å²) in [4.78, 5) is 55.8. The molecular weight excluding hydrogens is 871 g/mol. The molecule has 1 rings (SSSR count). The van der Waals surface area contributed by atoms with Crippen molar-refractivity contribution in [2.75, 3.05) is 37.8 Å². The van der Waals surface area contributed by atoms with Crippen molar-refractivity contribution in [1.29, 1.82) is 0 Å². The summed E-state index contributed by atoms with van der Waals surface area (Å²) < 4.78 is 12.5. The minimum Gasteiger partial charge on any atom is -0.462 e. The summed E-state index contributed by atoms with van der Waals surface area (Å²) in [6, 6.07) is -0.986. The van der Waals surface area contributed by atoms with E-state index in [1.807, 2.05) is 19.0 Å². The average Bonchev–Trinajstić information content (AvgIpc) is 3.35. The summed E-state index contributed by atoms with van der Waals surface area (Å²) in [6.07, 6.45) is 53.2. The number of unbranched alkanes of at least 4 members (excludes halogenated alkanes) is 28. The number of allylic oxidation sites excluding steroid dienone is 4. The van der Waals surface area contributed by atoms with Crippen molar-refractivity contribution in [3.8, 4) is 0 Å². The van der Waals surface area contributed by atoms with Gasteiger partial charge in [0.25, 0.3) is 10.9 Å². The fourth-order valence-corrected chi connectivity index (χ4v) is 9.29. The zero-order valence-electron chi connectivity index (χ0n) is 46.6. The largest absolute Gasteiger partial charge is 0.462 e. The first-order chi connectivity index (χ1) is 34.2. The van der Waals surface area contributed by atoms with E-state index in [4.69, 9.17) is 9.47 Å². The summed E-state index contributed by atoms with van der Waals surface area (Å²) >= 11 is 0. The second kappa shape index (κ2) is 47.1. The third kappa shape index (κ3) is 36.0. The van der Waals surface area contributed by atoms with Gasteiger partial charge >= 0.3 is 11.9 Å². The zero-order valence-corrected chi connectivity index (χ0v) is 46.6. The van der Waals surface area contributed by atoms with Crippen LogP contribution in [0.3, 0.4) is 0 Å². The summed E-state index contributed by atoms with van der Waals surface area (Å²) in [5.74, 6) is -0.830. The molecule has 3 atom stereocenters. The Hall–Kier alpha value is -2.94. The fourth-order valence-electron chi connectivity index (χ4n) is 9.29. The molecule has 0 saturated heterocycles. The molecule has 2 N–H and O–H groups in total. The number of hydrogen-bond acceptors (Lipinski definition) is 9. The molecule has 0 amide bonds. The molecule has 70 heavy (non-hydrogen) atoms. The lowest BCUT2D eigenvalue weighted by atomic mass is 10.0.